The van der Waals surface area contributed by atoms with Crippen molar-refractivity contribution in [3.8, 4) is 6.07 Å². The quantitative estimate of drug-likeness (QED) is 0.0680. The molecule has 0 spiro atoms. The van der Waals surface area contributed by atoms with Gasteiger partial charge in [-0.3, -0.25) is 19.5 Å². The van der Waals surface area contributed by atoms with E-state index in [1.54, 1.807) is 30.6 Å². The molecule has 13 unspecified atom stereocenters. The molecule has 23 nitrogen and oxygen atoms in total. The number of aromatic nitrogens is 12. The third kappa shape index (κ3) is 14.2. The maximum atomic E-state index is 13.8. The van der Waals surface area contributed by atoms with Crippen LogP contribution in [0.4, 0.5) is 17.5 Å². The summed E-state index contributed by atoms with van der Waals surface area (Å²) < 4.78 is 5.66. The number of aryl methyl sites for hydroxylation is 2. The van der Waals surface area contributed by atoms with E-state index in [1.807, 2.05) is 77.4 Å². The summed E-state index contributed by atoms with van der Waals surface area (Å²) in [5, 5.41) is 61.9. The molecule has 6 aliphatic heterocycles. The summed E-state index contributed by atoms with van der Waals surface area (Å²) in [7, 11) is 0. The van der Waals surface area contributed by atoms with Gasteiger partial charge in [-0.15, -0.1) is 0 Å². The van der Waals surface area contributed by atoms with E-state index in [0.717, 1.165) is 98.7 Å². The maximum Gasteiger partial charge on any atom is 0.309 e. The Morgan fingerprint density at radius 1 is 0.567 bits per heavy atom. The molecule has 0 aliphatic carbocycles. The first-order valence-corrected chi connectivity index (χ1v) is 38.9. The average molecular weight is 1530 g/mol. The highest BCUT2D eigenvalue weighted by atomic mass is 35.5. The van der Waals surface area contributed by atoms with Gasteiger partial charge in [-0.2, -0.15) is 20.6 Å². The number of aliphatic hydroxyl groups is 2. The number of piperidine rings is 4. The molecule has 9 aromatic rings. The molecule has 15 rings (SSSR count). The Kier molecular flexibility index (Phi) is 21.3. The van der Waals surface area contributed by atoms with Gasteiger partial charge < -0.3 is 30.0 Å². The van der Waals surface area contributed by atoms with Crippen LogP contribution < -0.4 is 14.7 Å². The fourth-order valence-corrected chi connectivity index (χ4v) is 20.1. The highest BCUT2D eigenvalue weighted by molar-refractivity contribution is 6.36. The second-order valence-corrected chi connectivity index (χ2v) is 32.5. The number of hydrogen-bond donors (Lipinski definition) is 3. The summed E-state index contributed by atoms with van der Waals surface area (Å²) in [4.78, 5) is 58.4. The van der Waals surface area contributed by atoms with Crippen LogP contribution in [-0.2, 0) is 4.79 Å². The minimum absolute atomic E-state index is 0.0135. The molecule has 0 saturated carbocycles. The Hall–Kier alpha value is -6.79. The van der Waals surface area contributed by atoms with Crippen molar-refractivity contribution in [2.45, 2.75) is 147 Å². The van der Waals surface area contributed by atoms with E-state index in [9.17, 15) is 25.4 Å². The monoisotopic (exact) mass is 1530 g/mol. The summed E-state index contributed by atoms with van der Waals surface area (Å²) in [6.45, 7) is 17.5. The van der Waals surface area contributed by atoms with Gasteiger partial charge in [0.2, 0.25) is 0 Å². The van der Waals surface area contributed by atoms with Gasteiger partial charge in [0, 0.05) is 125 Å². The van der Waals surface area contributed by atoms with Crippen LogP contribution in [0.25, 0.3) is 33.5 Å². The van der Waals surface area contributed by atoms with E-state index < -0.39 is 24.0 Å². The summed E-state index contributed by atoms with van der Waals surface area (Å²) in [6.07, 6.45) is 13.9. The number of nitrogens with zero attached hydrogens (tertiary/aromatic N) is 19. The molecule has 0 radical (unpaired) electrons. The van der Waals surface area contributed by atoms with Crippen LogP contribution in [0.1, 0.15) is 137 Å². The van der Waals surface area contributed by atoms with Crippen LogP contribution in [0.15, 0.2) is 73.2 Å². The molecule has 0 bridgehead atoms. The number of aliphatic carboxylic acids is 1. The Labute approximate surface area is 635 Å². The van der Waals surface area contributed by atoms with E-state index >= 15 is 0 Å². The van der Waals surface area contributed by atoms with Crippen LogP contribution in [0.2, 0.25) is 30.1 Å². The lowest BCUT2D eigenvalue weighted by atomic mass is 9.90. The van der Waals surface area contributed by atoms with Crippen molar-refractivity contribution in [2.24, 2.45) is 29.6 Å². The van der Waals surface area contributed by atoms with Crippen molar-refractivity contribution in [3.05, 3.63) is 137 Å². The molecule has 3 aromatic carbocycles. The van der Waals surface area contributed by atoms with Gasteiger partial charge in [0.05, 0.1) is 60.6 Å². The molecule has 6 aromatic heterocycles. The Balaban J connectivity index is 0.650. The number of hydrogen-bond acceptors (Lipinski definition) is 19. The summed E-state index contributed by atoms with van der Waals surface area (Å²) in [6, 6.07) is 17.9. The SMILES string of the molecule is Cc1nn(C(C)c2ccc(Cl)cc2Cl)c2nc(N3CCC(N4CC(CC(c5ccc(Cl)cc5Cl)n5nc(C)c6ncc(N7CCC(N8CC(CC(c9ccc(Cl)cc9Cl)n9nc(C#N)c%10ncc(N%11CCC(N%12CCCCC%12)C(CO)C%11)nc%109)CC8C)C(C(=O)O)C7)nc65)CC4CO)C(C)C3)cnc12. The zero-order valence-corrected chi connectivity index (χ0v) is 63.5. The number of fused-ring (bicyclic) bond motifs is 3. The predicted octanol–water partition coefficient (Wildman–Crippen LogP) is 13.0. The Morgan fingerprint density at radius 2 is 1.06 bits per heavy atom. The molecule has 13 atom stereocenters. The number of likely N-dealkylation sites (tertiary alicyclic amines) is 3. The van der Waals surface area contributed by atoms with E-state index in [2.05, 4.69) is 49.3 Å². The zero-order valence-electron chi connectivity index (χ0n) is 59.0. The predicted molar refractivity (Wildman–Crippen MR) is 407 cm³/mol. The number of rotatable bonds is 19. The third-order valence-corrected chi connectivity index (χ3v) is 25.3. The topological polar surface area (TPSA) is 252 Å². The summed E-state index contributed by atoms with van der Waals surface area (Å²) in [5.41, 5.74) is 7.60. The number of benzene rings is 3. The van der Waals surface area contributed by atoms with Crippen molar-refractivity contribution in [1.82, 2.24) is 73.9 Å². The van der Waals surface area contributed by atoms with Gasteiger partial charge in [-0.1, -0.05) is 101 Å². The lowest BCUT2D eigenvalue weighted by Crippen LogP contribution is -2.55. The molecule has 12 heterocycles. The molecular formula is C75H87Cl6N19O4. The largest absolute Gasteiger partial charge is 0.481 e. The minimum atomic E-state index is -0.888. The minimum Gasteiger partial charge on any atom is -0.481 e. The first-order chi connectivity index (χ1) is 50.2. The van der Waals surface area contributed by atoms with Crippen molar-refractivity contribution < 1.29 is 20.1 Å². The molecule has 29 heteroatoms. The van der Waals surface area contributed by atoms with Gasteiger partial charge in [-0.25, -0.2) is 43.9 Å². The molecule has 0 amide bonds. The molecule has 104 heavy (non-hydrogen) atoms. The fraction of sp³-hybridized carbons (Fsp3) is 0.533. The van der Waals surface area contributed by atoms with Crippen LogP contribution in [0.5, 0.6) is 0 Å². The average Bonchev–Trinajstić information content (AvgIpc) is 1.62. The first-order valence-electron chi connectivity index (χ1n) is 36.6. The first kappa shape index (κ1) is 72.8. The van der Waals surface area contributed by atoms with Gasteiger partial charge in [-0.05, 0) is 169 Å². The number of aliphatic hydroxyl groups excluding tert-OH is 2. The molecule has 6 saturated heterocycles. The second kappa shape index (κ2) is 30.5. The van der Waals surface area contributed by atoms with Gasteiger partial charge in [0.15, 0.2) is 22.6 Å². The van der Waals surface area contributed by atoms with Gasteiger partial charge >= 0.3 is 5.97 Å². The van der Waals surface area contributed by atoms with Crippen LogP contribution in [0, 0.1) is 54.8 Å². The standard InChI is InChI=1S/C75H87Cl6N19O4/c1-41-34-93(66-31-83-69-43(3)89-98(72(69)86-66)45(5)53-12-9-49(76)27-57(53)79)20-15-61(41)97-36-47(24-52(97)40-102)26-64(54-13-10-50(77)28-58(54)80)99-73-70(44(4)90-99)84-32-68(87-73)95-22-17-63(56(38-95)75(103)104)96-35-46(23-42(96)2)25-65(55-14-11-51(78)29-59(55)81)100-74-71(60(30-82)91-100)85-33-67(88-74)94-21-16-62(48(37-94)39-101)92-18-7-6-8-19-92/h9-14,27-29,31-33,41-42,45-48,52,56,61-65,101-102H,6-8,15-26,34-40H2,1-5H3,(H,103,104). The van der Waals surface area contributed by atoms with Crippen molar-refractivity contribution in [1.29, 1.82) is 5.26 Å². The number of carbonyl (C=O) groups is 1. The van der Waals surface area contributed by atoms with E-state index in [1.165, 1.54) is 19.3 Å². The maximum absolute atomic E-state index is 13.8. The summed E-state index contributed by atoms with van der Waals surface area (Å²) in [5.74, 6) is 0.768. The Bertz CT molecular complexity index is 4720. The van der Waals surface area contributed by atoms with Crippen molar-refractivity contribution in [3.63, 3.8) is 0 Å². The lowest BCUT2D eigenvalue weighted by Gasteiger charge is -2.45. The van der Waals surface area contributed by atoms with Gasteiger partial charge in [0.1, 0.15) is 40.1 Å². The van der Waals surface area contributed by atoms with Crippen LogP contribution in [-0.4, -0.2) is 204 Å². The second-order valence-electron chi connectivity index (χ2n) is 30.0. The highest BCUT2D eigenvalue weighted by Crippen LogP contribution is 2.45. The molecular weight excluding hydrogens is 1440 g/mol. The smallest absolute Gasteiger partial charge is 0.309 e. The zero-order chi connectivity index (χ0) is 72.5. The number of carboxylic acids is 1. The number of anilines is 3. The third-order valence-electron chi connectivity index (χ3n) is 23.6. The van der Waals surface area contributed by atoms with E-state index in [4.69, 9.17) is 115 Å². The molecule has 548 valence electrons. The highest BCUT2D eigenvalue weighted by Gasteiger charge is 2.46. The van der Waals surface area contributed by atoms with Gasteiger partial charge in [0.25, 0.3) is 0 Å². The number of carboxylic acid groups (broad SMARTS) is 1. The lowest BCUT2D eigenvalue weighted by molar-refractivity contribution is -0.144. The molecule has 6 fully saturated rings. The van der Waals surface area contributed by atoms with Crippen LogP contribution in [0.3, 0.4) is 0 Å². The van der Waals surface area contributed by atoms with Crippen molar-refractivity contribution >= 4 is 127 Å². The summed E-state index contributed by atoms with van der Waals surface area (Å²) >= 11 is 40.5. The normalized spacial score (nSPS) is 25.6. The van der Waals surface area contributed by atoms with E-state index in [-0.39, 0.29) is 79.3 Å². The number of halogens is 6. The van der Waals surface area contributed by atoms with E-state index in [0.29, 0.717) is 120 Å². The molecule has 3 N–H and O–H groups in total. The number of nitriles is 1. The van der Waals surface area contributed by atoms with Crippen molar-refractivity contribution in [2.75, 3.05) is 93.4 Å². The van der Waals surface area contributed by atoms with Crippen LogP contribution >= 0.6 is 69.6 Å². The Morgan fingerprint density at radius 3 is 1.61 bits per heavy atom. The molecule has 6 aliphatic rings. The fourth-order valence-electron chi connectivity index (χ4n) is 18.4.